The van der Waals surface area contributed by atoms with E-state index in [9.17, 15) is 0 Å². The molecule has 8 aromatic carbocycles. The molecule has 3 aromatic heterocycles. The van der Waals surface area contributed by atoms with E-state index >= 15 is 0 Å². The predicted molar refractivity (Wildman–Crippen MR) is 229 cm³/mol. The van der Waals surface area contributed by atoms with Gasteiger partial charge in [0.2, 0.25) is 5.95 Å². The second kappa shape index (κ2) is 13.0. The molecule has 0 radical (unpaired) electrons. The number of benzene rings is 8. The lowest BCUT2D eigenvalue weighted by atomic mass is 9.90. The van der Waals surface area contributed by atoms with Crippen LogP contribution in [0.5, 0.6) is 0 Å². The van der Waals surface area contributed by atoms with Crippen molar-refractivity contribution in [3.05, 3.63) is 194 Å². The fourth-order valence-electron chi connectivity index (χ4n) is 8.07. The highest BCUT2D eigenvalue weighted by atomic mass is 16.3. The third kappa shape index (κ3) is 5.29. The van der Waals surface area contributed by atoms with Gasteiger partial charge >= 0.3 is 0 Å². The van der Waals surface area contributed by atoms with Gasteiger partial charge in [-0.15, -0.1) is 0 Å². The molecule has 5 heteroatoms. The number of fused-ring (bicyclic) bond motifs is 6. The average molecular weight is 717 g/mol. The van der Waals surface area contributed by atoms with Crippen LogP contribution in [0.1, 0.15) is 0 Å². The quantitative estimate of drug-likeness (QED) is 0.172. The van der Waals surface area contributed by atoms with Gasteiger partial charge in [-0.05, 0) is 52.1 Å². The number of nitrogens with zero attached hydrogens (tertiary/aromatic N) is 4. The van der Waals surface area contributed by atoms with Crippen LogP contribution in [0.15, 0.2) is 199 Å². The molecule has 262 valence electrons. The summed E-state index contributed by atoms with van der Waals surface area (Å²) >= 11 is 0. The molecular formula is C51H32N4O. The molecule has 0 spiro atoms. The number of aromatic nitrogens is 4. The van der Waals surface area contributed by atoms with E-state index in [1.54, 1.807) is 0 Å². The van der Waals surface area contributed by atoms with Crippen LogP contribution in [0.25, 0.3) is 106 Å². The van der Waals surface area contributed by atoms with Crippen molar-refractivity contribution in [1.82, 2.24) is 19.5 Å². The third-order valence-electron chi connectivity index (χ3n) is 10.7. The van der Waals surface area contributed by atoms with Gasteiger partial charge in [-0.3, -0.25) is 4.57 Å². The van der Waals surface area contributed by atoms with Crippen LogP contribution in [0.3, 0.4) is 0 Å². The van der Waals surface area contributed by atoms with Crippen LogP contribution in [-0.4, -0.2) is 19.5 Å². The van der Waals surface area contributed by atoms with E-state index in [1.807, 2.05) is 48.5 Å². The second-order valence-corrected chi connectivity index (χ2v) is 14.0. The van der Waals surface area contributed by atoms with E-state index in [1.165, 1.54) is 0 Å². The van der Waals surface area contributed by atoms with Gasteiger partial charge in [0.25, 0.3) is 0 Å². The van der Waals surface area contributed by atoms with Crippen LogP contribution < -0.4 is 0 Å². The lowest BCUT2D eigenvalue weighted by Crippen LogP contribution is -2.06. The molecule has 0 amide bonds. The highest BCUT2D eigenvalue weighted by Crippen LogP contribution is 2.44. The largest absolute Gasteiger partial charge is 0.456 e. The SMILES string of the molecule is c1ccc(-c2ccc(-c3nc(-c4ccccc4)nc(-n4c5ccccc5c5ccc(-c6ccc7oc8ccccc8c7c6-c6ccccc6)cc54)n3)cc2)cc1. The van der Waals surface area contributed by atoms with Crippen molar-refractivity contribution >= 4 is 43.7 Å². The van der Waals surface area contributed by atoms with Gasteiger partial charge in [-0.1, -0.05) is 170 Å². The standard InChI is InChI=1S/C51H32N4O/c1-4-14-33(15-5-1)34-24-26-37(27-25-34)50-52-49(36-18-8-3-9-19-36)53-51(54-50)55-43-22-12-10-20-40(43)41-29-28-38(32-44(41)55)39-30-31-46-48(42-21-11-13-23-45(42)56-46)47(39)35-16-6-2-7-17-35/h1-32H. The fourth-order valence-corrected chi connectivity index (χ4v) is 8.07. The molecule has 0 bridgehead atoms. The zero-order chi connectivity index (χ0) is 37.0. The molecule has 0 saturated heterocycles. The Labute approximate surface area is 322 Å². The van der Waals surface area contributed by atoms with Crippen molar-refractivity contribution in [1.29, 1.82) is 0 Å². The zero-order valence-corrected chi connectivity index (χ0v) is 30.2. The first-order valence-corrected chi connectivity index (χ1v) is 18.8. The molecule has 0 saturated carbocycles. The minimum Gasteiger partial charge on any atom is -0.456 e. The van der Waals surface area contributed by atoms with Gasteiger partial charge in [-0.25, -0.2) is 4.98 Å². The van der Waals surface area contributed by atoms with Gasteiger partial charge in [-0.2, -0.15) is 9.97 Å². The highest BCUT2D eigenvalue weighted by molar-refractivity contribution is 6.17. The molecule has 5 nitrogen and oxygen atoms in total. The van der Waals surface area contributed by atoms with E-state index in [0.717, 1.165) is 88.3 Å². The number of furan rings is 1. The number of hydrogen-bond acceptors (Lipinski definition) is 4. The molecule has 0 N–H and O–H groups in total. The molecule has 56 heavy (non-hydrogen) atoms. The minimum atomic E-state index is 0.559. The minimum absolute atomic E-state index is 0.559. The van der Waals surface area contributed by atoms with Gasteiger partial charge in [0.1, 0.15) is 11.2 Å². The van der Waals surface area contributed by atoms with E-state index in [0.29, 0.717) is 17.6 Å². The Balaban J connectivity index is 1.15. The smallest absolute Gasteiger partial charge is 0.238 e. The first-order chi connectivity index (χ1) is 27.8. The molecular weight excluding hydrogens is 685 g/mol. The average Bonchev–Trinajstić information content (AvgIpc) is 3.82. The van der Waals surface area contributed by atoms with E-state index < -0.39 is 0 Å². The van der Waals surface area contributed by atoms with E-state index in [4.69, 9.17) is 19.4 Å². The molecule has 0 fully saturated rings. The van der Waals surface area contributed by atoms with Crippen LogP contribution in [0.2, 0.25) is 0 Å². The summed E-state index contributed by atoms with van der Waals surface area (Å²) in [5, 5.41) is 4.46. The summed E-state index contributed by atoms with van der Waals surface area (Å²) in [5.74, 6) is 1.78. The monoisotopic (exact) mass is 716 g/mol. The Morgan fingerprint density at radius 1 is 0.357 bits per heavy atom. The number of para-hydroxylation sites is 2. The van der Waals surface area contributed by atoms with E-state index in [2.05, 4.69) is 150 Å². The van der Waals surface area contributed by atoms with Crippen LogP contribution >= 0.6 is 0 Å². The maximum Gasteiger partial charge on any atom is 0.238 e. The number of hydrogen-bond donors (Lipinski definition) is 0. The lowest BCUT2D eigenvalue weighted by Gasteiger charge is -2.14. The topological polar surface area (TPSA) is 56.7 Å². The van der Waals surface area contributed by atoms with Crippen molar-refractivity contribution in [3.63, 3.8) is 0 Å². The summed E-state index contributed by atoms with van der Waals surface area (Å²) in [7, 11) is 0. The van der Waals surface area contributed by atoms with Crippen LogP contribution in [-0.2, 0) is 0 Å². The van der Waals surface area contributed by atoms with Crippen molar-refractivity contribution in [3.8, 4) is 62.1 Å². The molecule has 3 heterocycles. The first-order valence-electron chi connectivity index (χ1n) is 18.8. The van der Waals surface area contributed by atoms with Gasteiger partial charge in [0.15, 0.2) is 11.6 Å². The Kier molecular flexibility index (Phi) is 7.42. The summed E-state index contributed by atoms with van der Waals surface area (Å²) in [6.07, 6.45) is 0. The van der Waals surface area contributed by atoms with Gasteiger partial charge in [0, 0.05) is 38.2 Å². The van der Waals surface area contributed by atoms with Crippen molar-refractivity contribution in [2.24, 2.45) is 0 Å². The molecule has 0 atom stereocenters. The Morgan fingerprint density at radius 3 is 1.62 bits per heavy atom. The molecule has 11 rings (SSSR count). The normalized spacial score (nSPS) is 11.6. The van der Waals surface area contributed by atoms with Gasteiger partial charge < -0.3 is 4.42 Å². The highest BCUT2D eigenvalue weighted by Gasteiger charge is 2.21. The number of rotatable bonds is 6. The Bertz CT molecular complexity index is 3220. The van der Waals surface area contributed by atoms with Crippen LogP contribution in [0, 0.1) is 0 Å². The lowest BCUT2D eigenvalue weighted by molar-refractivity contribution is 0.669. The molecule has 0 aliphatic rings. The zero-order valence-electron chi connectivity index (χ0n) is 30.2. The predicted octanol–water partition coefficient (Wildman–Crippen LogP) is 13.2. The summed E-state index contributed by atoms with van der Waals surface area (Å²) in [4.78, 5) is 15.5. The van der Waals surface area contributed by atoms with Crippen molar-refractivity contribution < 1.29 is 4.42 Å². The maximum atomic E-state index is 6.39. The summed E-state index contributed by atoms with van der Waals surface area (Å²) in [6.45, 7) is 0. The molecule has 11 aromatic rings. The Morgan fingerprint density at radius 2 is 0.893 bits per heavy atom. The second-order valence-electron chi connectivity index (χ2n) is 14.0. The summed E-state index contributed by atoms with van der Waals surface area (Å²) in [5.41, 5.74) is 12.4. The molecule has 0 aliphatic heterocycles. The van der Waals surface area contributed by atoms with Crippen molar-refractivity contribution in [2.75, 3.05) is 0 Å². The van der Waals surface area contributed by atoms with Crippen LogP contribution in [0.4, 0.5) is 0 Å². The maximum absolute atomic E-state index is 6.39. The molecule has 0 aliphatic carbocycles. The third-order valence-corrected chi connectivity index (χ3v) is 10.7. The fraction of sp³-hybridized carbons (Fsp3) is 0. The molecule has 0 unspecified atom stereocenters. The van der Waals surface area contributed by atoms with E-state index in [-0.39, 0.29) is 0 Å². The first kappa shape index (κ1) is 31.9. The Hall–Kier alpha value is -7.63. The van der Waals surface area contributed by atoms with Crippen molar-refractivity contribution in [2.45, 2.75) is 0 Å². The van der Waals surface area contributed by atoms with Gasteiger partial charge in [0.05, 0.1) is 11.0 Å². The summed E-state index contributed by atoms with van der Waals surface area (Å²) in [6, 6.07) is 67.4. The summed E-state index contributed by atoms with van der Waals surface area (Å²) < 4.78 is 8.58.